The zero-order valence-corrected chi connectivity index (χ0v) is 10.5. The van der Waals surface area contributed by atoms with Crippen molar-refractivity contribution >= 4 is 50.2 Å². The van der Waals surface area contributed by atoms with Gasteiger partial charge in [-0.2, -0.15) is 0 Å². The first kappa shape index (κ1) is 10.1. The summed E-state index contributed by atoms with van der Waals surface area (Å²) in [6, 6.07) is 7.64. The Hall–Kier alpha value is -1.10. The number of thiophene rings is 1. The third-order valence-corrected chi connectivity index (χ3v) is 4.59. The van der Waals surface area contributed by atoms with Crippen LogP contribution in [-0.2, 0) is 0 Å². The first-order valence-electron chi connectivity index (χ1n) is 4.63. The molecule has 2 nitrogen and oxygen atoms in total. The van der Waals surface area contributed by atoms with Gasteiger partial charge in [0.15, 0.2) is 0 Å². The highest BCUT2D eigenvalue weighted by atomic mass is 35.5. The normalized spacial score (nSPS) is 11.1. The third kappa shape index (κ3) is 1.59. The lowest BCUT2D eigenvalue weighted by Crippen LogP contribution is -1.82. The van der Waals surface area contributed by atoms with E-state index in [1.165, 1.54) is 0 Å². The lowest BCUT2D eigenvalue weighted by atomic mass is 10.3. The Morgan fingerprint density at radius 2 is 2.12 bits per heavy atom. The number of nitrogen functional groups attached to an aromatic ring is 1. The molecule has 5 heteroatoms. The number of hydrogen-bond acceptors (Lipinski definition) is 4. The van der Waals surface area contributed by atoms with Gasteiger partial charge in [0.05, 0.1) is 20.8 Å². The Morgan fingerprint density at radius 3 is 2.88 bits per heavy atom. The van der Waals surface area contributed by atoms with Crippen molar-refractivity contribution in [2.24, 2.45) is 0 Å². The van der Waals surface area contributed by atoms with Crippen molar-refractivity contribution < 1.29 is 0 Å². The molecule has 2 N–H and O–H groups in total. The van der Waals surface area contributed by atoms with E-state index in [0.29, 0.717) is 5.02 Å². The van der Waals surface area contributed by atoms with Gasteiger partial charge in [-0.25, -0.2) is 4.98 Å². The number of fused-ring (bicyclic) bond motifs is 1. The fourth-order valence-electron chi connectivity index (χ4n) is 1.49. The molecule has 1 aromatic carbocycles. The number of hydrogen-bond donors (Lipinski definition) is 1. The summed E-state index contributed by atoms with van der Waals surface area (Å²) in [4.78, 5) is 5.58. The first-order valence-corrected chi connectivity index (χ1v) is 6.71. The van der Waals surface area contributed by atoms with Gasteiger partial charge in [0.2, 0.25) is 0 Å². The number of benzene rings is 1. The first-order chi connectivity index (χ1) is 7.74. The number of halogens is 1. The number of thiazole rings is 1. The smallest absolute Gasteiger partial charge is 0.136 e. The van der Waals surface area contributed by atoms with E-state index in [1.54, 1.807) is 22.7 Å². The summed E-state index contributed by atoms with van der Waals surface area (Å²) >= 11 is 9.18. The molecule has 2 heterocycles. The molecule has 0 atom stereocenters. The minimum Gasteiger partial charge on any atom is -0.397 e. The second-order valence-electron chi connectivity index (χ2n) is 3.34. The SMILES string of the molecule is Nc1ccsc1-c1nc2cc(Cl)ccc2s1. The van der Waals surface area contributed by atoms with Gasteiger partial charge in [0, 0.05) is 5.02 Å². The molecule has 0 saturated heterocycles. The summed E-state index contributed by atoms with van der Waals surface area (Å²) in [5.41, 5.74) is 7.59. The van der Waals surface area contributed by atoms with E-state index in [0.717, 1.165) is 25.8 Å². The number of nitrogens with two attached hydrogens (primary N) is 1. The van der Waals surface area contributed by atoms with E-state index < -0.39 is 0 Å². The Labute approximate surface area is 105 Å². The fourth-order valence-corrected chi connectivity index (χ4v) is 3.54. The predicted octanol–water partition coefficient (Wildman–Crippen LogP) is 4.26. The second kappa shape index (κ2) is 3.73. The summed E-state index contributed by atoms with van der Waals surface area (Å²) in [5.74, 6) is 0. The monoisotopic (exact) mass is 266 g/mol. The summed E-state index contributed by atoms with van der Waals surface area (Å²) in [7, 11) is 0. The van der Waals surface area contributed by atoms with Crippen molar-refractivity contribution in [2.75, 3.05) is 5.73 Å². The number of anilines is 1. The summed E-state index contributed by atoms with van der Waals surface area (Å²) in [6.45, 7) is 0. The molecule has 0 aliphatic heterocycles. The van der Waals surface area contributed by atoms with E-state index in [4.69, 9.17) is 17.3 Å². The largest absolute Gasteiger partial charge is 0.397 e. The van der Waals surface area contributed by atoms with E-state index >= 15 is 0 Å². The molecule has 0 fully saturated rings. The summed E-state index contributed by atoms with van der Waals surface area (Å²) < 4.78 is 1.13. The average Bonchev–Trinajstić information content (AvgIpc) is 2.82. The van der Waals surface area contributed by atoms with E-state index in [-0.39, 0.29) is 0 Å². The lowest BCUT2D eigenvalue weighted by Gasteiger charge is -1.90. The van der Waals surface area contributed by atoms with Gasteiger partial charge < -0.3 is 5.73 Å². The van der Waals surface area contributed by atoms with Crippen LogP contribution in [0.3, 0.4) is 0 Å². The molecule has 0 radical (unpaired) electrons. The van der Waals surface area contributed by atoms with Crippen LogP contribution in [0.1, 0.15) is 0 Å². The van der Waals surface area contributed by atoms with Gasteiger partial charge in [0.25, 0.3) is 0 Å². The molecule has 80 valence electrons. The van der Waals surface area contributed by atoms with Crippen molar-refractivity contribution in [3.63, 3.8) is 0 Å². The minimum atomic E-state index is 0.712. The maximum Gasteiger partial charge on any atom is 0.136 e. The van der Waals surface area contributed by atoms with Gasteiger partial charge in [-0.05, 0) is 29.6 Å². The highest BCUT2D eigenvalue weighted by Crippen LogP contribution is 2.37. The molecule has 0 amide bonds. The topological polar surface area (TPSA) is 38.9 Å². The number of aromatic nitrogens is 1. The van der Waals surface area contributed by atoms with E-state index in [9.17, 15) is 0 Å². The molecule has 0 spiro atoms. The average molecular weight is 267 g/mol. The lowest BCUT2D eigenvalue weighted by molar-refractivity contribution is 1.50. The molecule has 0 bridgehead atoms. The van der Waals surface area contributed by atoms with Gasteiger partial charge >= 0.3 is 0 Å². The molecule has 0 aliphatic carbocycles. The van der Waals surface area contributed by atoms with Gasteiger partial charge in [0.1, 0.15) is 5.01 Å². The van der Waals surface area contributed by atoms with Crippen LogP contribution in [-0.4, -0.2) is 4.98 Å². The standard InChI is InChI=1S/C11H7ClN2S2/c12-6-1-2-9-8(5-6)14-11(16-9)10-7(13)3-4-15-10/h1-5H,13H2. The van der Waals surface area contributed by atoms with Crippen LogP contribution in [0.4, 0.5) is 5.69 Å². The fraction of sp³-hybridized carbons (Fsp3) is 0. The van der Waals surface area contributed by atoms with E-state index in [1.807, 2.05) is 29.6 Å². The van der Waals surface area contributed by atoms with Gasteiger partial charge in [-0.3, -0.25) is 0 Å². The third-order valence-electron chi connectivity index (χ3n) is 2.24. The minimum absolute atomic E-state index is 0.712. The van der Waals surface area contributed by atoms with Crippen molar-refractivity contribution in [3.8, 4) is 9.88 Å². The van der Waals surface area contributed by atoms with Crippen LogP contribution in [0.15, 0.2) is 29.6 Å². The Bertz CT molecular complexity index is 657. The summed E-state index contributed by atoms with van der Waals surface area (Å²) in [5, 5.41) is 3.65. The summed E-state index contributed by atoms with van der Waals surface area (Å²) in [6.07, 6.45) is 0. The predicted molar refractivity (Wildman–Crippen MR) is 72.4 cm³/mol. The molecule has 2 aromatic heterocycles. The quantitative estimate of drug-likeness (QED) is 0.715. The highest BCUT2D eigenvalue weighted by Gasteiger charge is 2.10. The maximum absolute atomic E-state index is 5.93. The second-order valence-corrected chi connectivity index (χ2v) is 5.72. The van der Waals surface area contributed by atoms with Crippen LogP contribution in [0.2, 0.25) is 5.02 Å². The molecule has 0 unspecified atom stereocenters. The van der Waals surface area contributed by atoms with E-state index in [2.05, 4.69) is 4.98 Å². The number of nitrogens with zero attached hydrogens (tertiary/aromatic N) is 1. The molecular weight excluding hydrogens is 260 g/mol. The van der Waals surface area contributed by atoms with Crippen LogP contribution >= 0.6 is 34.3 Å². The van der Waals surface area contributed by atoms with Crippen molar-refractivity contribution in [3.05, 3.63) is 34.7 Å². The molecule has 16 heavy (non-hydrogen) atoms. The van der Waals surface area contributed by atoms with Crippen LogP contribution < -0.4 is 5.73 Å². The molecule has 3 rings (SSSR count). The highest BCUT2D eigenvalue weighted by molar-refractivity contribution is 7.25. The van der Waals surface area contributed by atoms with Crippen molar-refractivity contribution in [2.45, 2.75) is 0 Å². The van der Waals surface area contributed by atoms with Crippen LogP contribution in [0.5, 0.6) is 0 Å². The molecule has 0 aliphatic rings. The zero-order valence-electron chi connectivity index (χ0n) is 8.11. The zero-order chi connectivity index (χ0) is 11.1. The van der Waals surface area contributed by atoms with Crippen LogP contribution in [0, 0.1) is 0 Å². The number of rotatable bonds is 1. The van der Waals surface area contributed by atoms with Crippen LogP contribution in [0.25, 0.3) is 20.1 Å². The molecular formula is C11H7ClN2S2. The Balaban J connectivity index is 2.23. The molecule has 0 saturated carbocycles. The molecule has 3 aromatic rings. The Kier molecular flexibility index (Phi) is 2.35. The Morgan fingerprint density at radius 1 is 1.25 bits per heavy atom. The van der Waals surface area contributed by atoms with Crippen molar-refractivity contribution in [1.82, 2.24) is 4.98 Å². The van der Waals surface area contributed by atoms with Gasteiger partial charge in [-0.15, -0.1) is 22.7 Å². The maximum atomic E-state index is 5.93. The van der Waals surface area contributed by atoms with Crippen molar-refractivity contribution in [1.29, 1.82) is 0 Å². The van der Waals surface area contributed by atoms with Gasteiger partial charge in [-0.1, -0.05) is 11.6 Å².